The monoisotopic (exact) mass is 331 g/mol. The van der Waals surface area contributed by atoms with Crippen molar-refractivity contribution in [2.45, 2.75) is 25.8 Å². The number of aryl methyl sites for hydroxylation is 1. The first kappa shape index (κ1) is 16.6. The first-order valence-electron chi connectivity index (χ1n) is 7.35. The Morgan fingerprint density at radius 2 is 2.14 bits per heavy atom. The Morgan fingerprint density at radius 1 is 1.38 bits per heavy atom. The van der Waals surface area contributed by atoms with Crippen molar-refractivity contribution in [3.8, 4) is 0 Å². The predicted molar refractivity (Wildman–Crippen MR) is 85.3 cm³/mol. The SMILES string of the molecule is CCc1nnsc1C(=O)N1CCC(N2CCNCC2)C1.Cl. The Morgan fingerprint density at radius 3 is 2.86 bits per heavy atom. The van der Waals surface area contributed by atoms with E-state index in [2.05, 4.69) is 19.8 Å². The number of hydrogen-bond acceptors (Lipinski definition) is 6. The summed E-state index contributed by atoms with van der Waals surface area (Å²) in [5, 5.41) is 7.41. The van der Waals surface area contributed by atoms with Crippen LogP contribution in [0.5, 0.6) is 0 Å². The molecule has 21 heavy (non-hydrogen) atoms. The standard InChI is InChI=1S/C13H21N5OS.ClH/c1-2-11-12(20-16-15-11)13(19)18-6-3-10(9-18)17-7-4-14-5-8-17;/h10,14H,2-9H2,1H3;1H. The van der Waals surface area contributed by atoms with E-state index in [1.165, 1.54) is 11.5 Å². The smallest absolute Gasteiger partial charge is 0.267 e. The number of nitrogens with zero attached hydrogens (tertiary/aromatic N) is 4. The molecule has 1 aromatic heterocycles. The maximum Gasteiger partial charge on any atom is 0.267 e. The Kier molecular flexibility index (Phi) is 5.92. The molecule has 118 valence electrons. The number of aromatic nitrogens is 2. The molecule has 1 unspecified atom stereocenters. The van der Waals surface area contributed by atoms with Crippen LogP contribution in [0.4, 0.5) is 0 Å². The van der Waals surface area contributed by atoms with Crippen LogP contribution in [0.25, 0.3) is 0 Å². The highest BCUT2D eigenvalue weighted by Crippen LogP contribution is 2.21. The quantitative estimate of drug-likeness (QED) is 0.881. The predicted octanol–water partition coefficient (Wildman–Crippen LogP) is 0.642. The van der Waals surface area contributed by atoms with Gasteiger partial charge in [0.15, 0.2) is 0 Å². The lowest BCUT2D eigenvalue weighted by atomic mass is 10.2. The number of carbonyl (C=O) groups excluding carboxylic acids is 1. The van der Waals surface area contributed by atoms with Crippen LogP contribution in [0, 0.1) is 0 Å². The van der Waals surface area contributed by atoms with Crippen molar-refractivity contribution in [2.75, 3.05) is 39.3 Å². The maximum atomic E-state index is 12.5. The van der Waals surface area contributed by atoms with Gasteiger partial charge in [0, 0.05) is 45.3 Å². The van der Waals surface area contributed by atoms with Crippen LogP contribution >= 0.6 is 23.9 Å². The van der Waals surface area contributed by atoms with Crippen molar-refractivity contribution in [2.24, 2.45) is 0 Å². The average Bonchev–Trinajstić information content (AvgIpc) is 3.16. The van der Waals surface area contributed by atoms with E-state index in [4.69, 9.17) is 0 Å². The molecule has 0 radical (unpaired) electrons. The van der Waals surface area contributed by atoms with Gasteiger partial charge >= 0.3 is 0 Å². The molecule has 1 amide bonds. The van der Waals surface area contributed by atoms with Crippen LogP contribution in [0.1, 0.15) is 28.7 Å². The number of hydrogen-bond donors (Lipinski definition) is 1. The number of piperazine rings is 1. The molecule has 1 N–H and O–H groups in total. The molecule has 0 bridgehead atoms. The van der Waals surface area contributed by atoms with E-state index in [0.29, 0.717) is 6.04 Å². The van der Waals surface area contributed by atoms with E-state index >= 15 is 0 Å². The third kappa shape index (κ3) is 3.53. The zero-order valence-corrected chi connectivity index (χ0v) is 13.9. The highest BCUT2D eigenvalue weighted by molar-refractivity contribution is 7.08. The molecule has 0 saturated carbocycles. The molecule has 6 nitrogen and oxygen atoms in total. The molecule has 2 fully saturated rings. The van der Waals surface area contributed by atoms with Gasteiger partial charge in [0.1, 0.15) is 4.88 Å². The second kappa shape index (κ2) is 7.49. The summed E-state index contributed by atoms with van der Waals surface area (Å²) in [5.74, 6) is 0.120. The molecule has 1 atom stereocenters. The molecule has 2 aliphatic heterocycles. The molecular weight excluding hydrogens is 310 g/mol. The lowest BCUT2D eigenvalue weighted by Gasteiger charge is -2.32. The third-order valence-corrected chi connectivity index (χ3v) is 4.96. The van der Waals surface area contributed by atoms with Gasteiger partial charge in [-0.05, 0) is 24.4 Å². The van der Waals surface area contributed by atoms with Crippen molar-refractivity contribution in [1.29, 1.82) is 0 Å². The Bertz CT molecular complexity index is 477. The van der Waals surface area contributed by atoms with E-state index in [9.17, 15) is 4.79 Å². The van der Waals surface area contributed by atoms with Gasteiger partial charge in [0.05, 0.1) is 5.69 Å². The van der Waals surface area contributed by atoms with Gasteiger partial charge in [0.25, 0.3) is 5.91 Å². The minimum atomic E-state index is 0. The van der Waals surface area contributed by atoms with Crippen LogP contribution in [-0.2, 0) is 6.42 Å². The highest BCUT2D eigenvalue weighted by Gasteiger charge is 2.32. The fraction of sp³-hybridized carbons (Fsp3) is 0.769. The summed E-state index contributed by atoms with van der Waals surface area (Å²) in [5.41, 5.74) is 0.839. The Labute approximate surface area is 135 Å². The molecule has 1 aromatic rings. The number of carbonyl (C=O) groups is 1. The van der Waals surface area contributed by atoms with Gasteiger partial charge in [-0.25, -0.2) is 0 Å². The summed E-state index contributed by atoms with van der Waals surface area (Å²) in [7, 11) is 0. The molecule has 3 rings (SSSR count). The van der Waals surface area contributed by atoms with E-state index in [-0.39, 0.29) is 18.3 Å². The van der Waals surface area contributed by atoms with E-state index in [1.54, 1.807) is 0 Å². The first-order valence-corrected chi connectivity index (χ1v) is 8.12. The summed E-state index contributed by atoms with van der Waals surface area (Å²) in [6.07, 6.45) is 1.85. The van der Waals surface area contributed by atoms with Crippen LogP contribution in [0.3, 0.4) is 0 Å². The first-order chi connectivity index (χ1) is 9.79. The summed E-state index contributed by atoms with van der Waals surface area (Å²) < 4.78 is 3.92. The molecule has 0 aliphatic carbocycles. The number of likely N-dealkylation sites (tertiary alicyclic amines) is 1. The van der Waals surface area contributed by atoms with Crippen molar-refractivity contribution in [3.63, 3.8) is 0 Å². The zero-order valence-electron chi connectivity index (χ0n) is 12.2. The van der Waals surface area contributed by atoms with Gasteiger partial charge in [0.2, 0.25) is 0 Å². The second-order valence-electron chi connectivity index (χ2n) is 5.38. The summed E-state index contributed by atoms with van der Waals surface area (Å²) >= 11 is 1.23. The van der Waals surface area contributed by atoms with Crippen molar-refractivity contribution in [3.05, 3.63) is 10.6 Å². The Hall–Kier alpha value is -0.760. The topological polar surface area (TPSA) is 61.4 Å². The van der Waals surface area contributed by atoms with Crippen molar-refractivity contribution in [1.82, 2.24) is 24.7 Å². The number of halogens is 1. The summed E-state index contributed by atoms with van der Waals surface area (Å²) in [4.78, 5) is 17.8. The number of nitrogens with one attached hydrogen (secondary N) is 1. The molecule has 2 aliphatic rings. The largest absolute Gasteiger partial charge is 0.336 e. The summed E-state index contributed by atoms with van der Waals surface area (Å²) in [6.45, 7) is 8.02. The van der Waals surface area contributed by atoms with Crippen LogP contribution in [-0.4, -0.2) is 70.6 Å². The van der Waals surface area contributed by atoms with E-state index < -0.39 is 0 Å². The Balaban J connectivity index is 0.00000161. The third-order valence-electron chi connectivity index (χ3n) is 4.20. The van der Waals surface area contributed by atoms with Gasteiger partial charge in [-0.3, -0.25) is 9.69 Å². The normalized spacial score (nSPS) is 23.1. The lowest BCUT2D eigenvalue weighted by molar-refractivity contribution is 0.0777. The lowest BCUT2D eigenvalue weighted by Crippen LogP contribution is -2.49. The van der Waals surface area contributed by atoms with Gasteiger partial charge in [-0.2, -0.15) is 0 Å². The van der Waals surface area contributed by atoms with E-state index in [1.807, 2.05) is 11.8 Å². The molecule has 8 heteroatoms. The molecular formula is C13H22ClN5OS. The zero-order chi connectivity index (χ0) is 13.9. The molecule has 2 saturated heterocycles. The maximum absolute atomic E-state index is 12.5. The summed E-state index contributed by atoms with van der Waals surface area (Å²) in [6, 6.07) is 0.520. The van der Waals surface area contributed by atoms with E-state index in [0.717, 1.165) is 62.7 Å². The average molecular weight is 332 g/mol. The van der Waals surface area contributed by atoms with Crippen LogP contribution in [0.15, 0.2) is 0 Å². The van der Waals surface area contributed by atoms with Crippen molar-refractivity contribution >= 4 is 29.8 Å². The highest BCUT2D eigenvalue weighted by atomic mass is 35.5. The minimum Gasteiger partial charge on any atom is -0.336 e. The molecule has 0 aromatic carbocycles. The second-order valence-corrected chi connectivity index (χ2v) is 6.14. The van der Waals surface area contributed by atoms with Gasteiger partial charge in [-0.1, -0.05) is 11.4 Å². The number of rotatable bonds is 3. The number of amides is 1. The fourth-order valence-corrected chi connectivity index (χ4v) is 3.74. The van der Waals surface area contributed by atoms with Crippen molar-refractivity contribution < 1.29 is 4.79 Å². The van der Waals surface area contributed by atoms with Crippen LogP contribution < -0.4 is 5.32 Å². The van der Waals surface area contributed by atoms with Crippen LogP contribution in [0.2, 0.25) is 0 Å². The molecule has 3 heterocycles. The van der Waals surface area contributed by atoms with Gasteiger partial charge in [-0.15, -0.1) is 17.5 Å². The van der Waals surface area contributed by atoms with Gasteiger partial charge < -0.3 is 10.2 Å². The minimum absolute atomic E-state index is 0. The molecule has 0 spiro atoms. The fourth-order valence-electron chi connectivity index (χ4n) is 3.02.